The lowest BCUT2D eigenvalue weighted by molar-refractivity contribution is -0.123. The Morgan fingerprint density at radius 2 is 1.63 bits per heavy atom. The van der Waals surface area contributed by atoms with Crippen LogP contribution in [0.3, 0.4) is 0 Å². The highest BCUT2D eigenvalue weighted by Gasteiger charge is 2.28. The second-order valence-electron chi connectivity index (χ2n) is 8.68. The van der Waals surface area contributed by atoms with Gasteiger partial charge < -0.3 is 16.0 Å². The monoisotopic (exact) mass is 433 g/mol. The summed E-state index contributed by atoms with van der Waals surface area (Å²) >= 11 is 6.06. The van der Waals surface area contributed by atoms with Gasteiger partial charge in [-0.3, -0.25) is 14.4 Å². The van der Waals surface area contributed by atoms with E-state index in [1.165, 1.54) is 39.0 Å². The van der Waals surface area contributed by atoms with Crippen molar-refractivity contribution in [2.24, 2.45) is 11.8 Å². The van der Waals surface area contributed by atoms with E-state index in [0.29, 0.717) is 28.7 Å². The fourth-order valence-corrected chi connectivity index (χ4v) is 4.77. The van der Waals surface area contributed by atoms with E-state index in [1.807, 2.05) is 0 Å². The van der Waals surface area contributed by atoms with Crippen LogP contribution in [0, 0.1) is 11.8 Å². The molecule has 0 atom stereocenters. The van der Waals surface area contributed by atoms with Crippen LogP contribution in [0.15, 0.2) is 18.2 Å². The van der Waals surface area contributed by atoms with Gasteiger partial charge in [0.25, 0.3) is 0 Å². The number of carbonyl (C=O) groups is 3. The SMILES string of the molecule is CC(=O)Nc1ccc(Cl)cc1NC(=O)C1CCC(NC(=O)CC2CCCCC2)CC1. The van der Waals surface area contributed by atoms with Crippen molar-refractivity contribution in [2.75, 3.05) is 10.6 Å². The van der Waals surface area contributed by atoms with Crippen molar-refractivity contribution in [2.45, 2.75) is 77.2 Å². The van der Waals surface area contributed by atoms with Crippen molar-refractivity contribution in [3.63, 3.8) is 0 Å². The molecule has 3 N–H and O–H groups in total. The highest BCUT2D eigenvalue weighted by atomic mass is 35.5. The molecule has 1 aromatic carbocycles. The van der Waals surface area contributed by atoms with Crippen LogP contribution in [-0.4, -0.2) is 23.8 Å². The van der Waals surface area contributed by atoms with E-state index in [-0.39, 0.29) is 29.7 Å². The van der Waals surface area contributed by atoms with Gasteiger partial charge in [0.2, 0.25) is 17.7 Å². The molecule has 30 heavy (non-hydrogen) atoms. The second kappa shape index (κ2) is 10.8. The molecule has 7 heteroatoms. The van der Waals surface area contributed by atoms with Crippen molar-refractivity contribution in [3.8, 4) is 0 Å². The molecule has 2 aliphatic rings. The van der Waals surface area contributed by atoms with Crippen molar-refractivity contribution < 1.29 is 14.4 Å². The van der Waals surface area contributed by atoms with Crippen LogP contribution in [0.2, 0.25) is 5.02 Å². The van der Waals surface area contributed by atoms with Gasteiger partial charge in [0, 0.05) is 30.3 Å². The van der Waals surface area contributed by atoms with Gasteiger partial charge in [0.05, 0.1) is 11.4 Å². The summed E-state index contributed by atoms with van der Waals surface area (Å²) in [5.74, 6) is 0.304. The number of carbonyl (C=O) groups excluding carboxylic acids is 3. The Balaban J connectivity index is 1.47. The summed E-state index contributed by atoms with van der Waals surface area (Å²) < 4.78 is 0. The zero-order chi connectivity index (χ0) is 21.5. The Hall–Kier alpha value is -2.08. The molecule has 0 unspecified atom stereocenters. The predicted molar refractivity (Wildman–Crippen MR) is 119 cm³/mol. The molecular formula is C23H32ClN3O3. The first-order valence-corrected chi connectivity index (χ1v) is 11.5. The lowest BCUT2D eigenvalue weighted by Crippen LogP contribution is -2.40. The minimum absolute atomic E-state index is 0.0733. The molecule has 0 spiro atoms. The minimum atomic E-state index is -0.211. The van der Waals surface area contributed by atoms with E-state index in [2.05, 4.69) is 16.0 Å². The van der Waals surface area contributed by atoms with E-state index >= 15 is 0 Å². The maximum absolute atomic E-state index is 12.8. The van der Waals surface area contributed by atoms with E-state index in [0.717, 1.165) is 25.7 Å². The molecule has 0 heterocycles. The first-order chi connectivity index (χ1) is 14.4. The van der Waals surface area contributed by atoms with Gasteiger partial charge in [-0.05, 0) is 62.6 Å². The first kappa shape index (κ1) is 22.6. The summed E-state index contributed by atoms with van der Waals surface area (Å²) in [6.07, 6.45) is 9.85. The van der Waals surface area contributed by atoms with Gasteiger partial charge in [-0.15, -0.1) is 0 Å². The van der Waals surface area contributed by atoms with Crippen molar-refractivity contribution in [1.82, 2.24) is 5.32 Å². The molecular weight excluding hydrogens is 402 g/mol. The number of anilines is 2. The number of nitrogens with one attached hydrogen (secondary N) is 3. The lowest BCUT2D eigenvalue weighted by Gasteiger charge is -2.29. The molecule has 0 radical (unpaired) electrons. The molecule has 3 rings (SSSR count). The standard InChI is InChI=1S/C23H32ClN3O3/c1-15(28)25-20-12-9-18(24)14-21(20)27-23(30)17-7-10-19(11-8-17)26-22(29)13-16-5-3-2-4-6-16/h9,12,14,16-17,19H,2-8,10-11,13H2,1H3,(H,25,28)(H,26,29)(H,27,30). The summed E-state index contributed by atoms with van der Waals surface area (Å²) in [6, 6.07) is 5.15. The molecule has 2 saturated carbocycles. The van der Waals surface area contributed by atoms with Gasteiger partial charge >= 0.3 is 0 Å². The van der Waals surface area contributed by atoms with Crippen LogP contribution < -0.4 is 16.0 Å². The number of amides is 3. The van der Waals surface area contributed by atoms with Crippen molar-refractivity contribution >= 4 is 40.7 Å². The van der Waals surface area contributed by atoms with Gasteiger partial charge in [-0.1, -0.05) is 30.9 Å². The Labute approximate surface area is 183 Å². The van der Waals surface area contributed by atoms with Crippen molar-refractivity contribution in [1.29, 1.82) is 0 Å². The van der Waals surface area contributed by atoms with E-state index < -0.39 is 0 Å². The summed E-state index contributed by atoms with van der Waals surface area (Å²) in [6.45, 7) is 1.42. The molecule has 2 fully saturated rings. The Morgan fingerprint density at radius 1 is 0.933 bits per heavy atom. The van der Waals surface area contributed by atoms with Gasteiger partial charge in [0.15, 0.2) is 0 Å². The number of rotatable bonds is 6. The third-order valence-electron chi connectivity index (χ3n) is 6.21. The fourth-order valence-electron chi connectivity index (χ4n) is 4.59. The summed E-state index contributed by atoms with van der Waals surface area (Å²) in [5, 5.41) is 9.29. The first-order valence-electron chi connectivity index (χ1n) is 11.1. The molecule has 0 bridgehead atoms. The lowest BCUT2D eigenvalue weighted by atomic mass is 9.84. The highest BCUT2D eigenvalue weighted by Crippen LogP contribution is 2.30. The zero-order valence-corrected chi connectivity index (χ0v) is 18.4. The molecule has 6 nitrogen and oxygen atoms in total. The average Bonchev–Trinajstić information content (AvgIpc) is 2.71. The molecule has 164 valence electrons. The maximum Gasteiger partial charge on any atom is 0.227 e. The summed E-state index contributed by atoms with van der Waals surface area (Å²) in [7, 11) is 0. The largest absolute Gasteiger partial charge is 0.353 e. The maximum atomic E-state index is 12.8. The third-order valence-corrected chi connectivity index (χ3v) is 6.45. The number of hydrogen-bond donors (Lipinski definition) is 3. The van der Waals surface area contributed by atoms with E-state index in [4.69, 9.17) is 11.6 Å². The number of benzene rings is 1. The summed E-state index contributed by atoms with van der Waals surface area (Å²) in [4.78, 5) is 36.5. The highest BCUT2D eigenvalue weighted by molar-refractivity contribution is 6.31. The topological polar surface area (TPSA) is 87.3 Å². The molecule has 1 aromatic rings. The normalized spacial score (nSPS) is 22.2. The molecule has 3 amide bonds. The predicted octanol–water partition coefficient (Wildman–Crippen LogP) is 4.88. The Morgan fingerprint density at radius 3 is 2.30 bits per heavy atom. The minimum Gasteiger partial charge on any atom is -0.353 e. The van der Waals surface area contributed by atoms with Crippen LogP contribution in [0.1, 0.15) is 71.1 Å². The molecule has 0 aliphatic heterocycles. The Bertz CT molecular complexity index is 769. The van der Waals surface area contributed by atoms with Crippen LogP contribution in [-0.2, 0) is 14.4 Å². The molecule has 2 aliphatic carbocycles. The second-order valence-corrected chi connectivity index (χ2v) is 9.12. The van der Waals surface area contributed by atoms with E-state index in [9.17, 15) is 14.4 Å². The number of halogens is 1. The van der Waals surface area contributed by atoms with Crippen LogP contribution >= 0.6 is 11.6 Å². The average molecular weight is 434 g/mol. The fraction of sp³-hybridized carbons (Fsp3) is 0.609. The van der Waals surface area contributed by atoms with E-state index in [1.54, 1.807) is 18.2 Å². The summed E-state index contributed by atoms with van der Waals surface area (Å²) in [5.41, 5.74) is 1.04. The van der Waals surface area contributed by atoms with Crippen LogP contribution in [0.5, 0.6) is 0 Å². The van der Waals surface area contributed by atoms with Crippen LogP contribution in [0.4, 0.5) is 11.4 Å². The quantitative estimate of drug-likeness (QED) is 0.597. The van der Waals surface area contributed by atoms with Gasteiger partial charge in [0.1, 0.15) is 0 Å². The van der Waals surface area contributed by atoms with Gasteiger partial charge in [-0.25, -0.2) is 0 Å². The smallest absolute Gasteiger partial charge is 0.227 e. The molecule has 0 aromatic heterocycles. The molecule has 0 saturated heterocycles. The zero-order valence-electron chi connectivity index (χ0n) is 17.6. The third kappa shape index (κ3) is 6.73. The Kier molecular flexibility index (Phi) is 8.14. The van der Waals surface area contributed by atoms with Crippen LogP contribution in [0.25, 0.3) is 0 Å². The van der Waals surface area contributed by atoms with Gasteiger partial charge in [-0.2, -0.15) is 0 Å². The number of hydrogen-bond acceptors (Lipinski definition) is 3. The van der Waals surface area contributed by atoms with Crippen molar-refractivity contribution in [3.05, 3.63) is 23.2 Å².